The Balaban J connectivity index is 0.000000709. The van der Waals surface area contributed by atoms with Gasteiger partial charge in [0.2, 0.25) is 0 Å². The van der Waals surface area contributed by atoms with Gasteiger partial charge < -0.3 is 20.1 Å². The van der Waals surface area contributed by atoms with Crippen LogP contribution in [-0.4, -0.2) is 42.6 Å². The number of aromatic nitrogens is 3. The number of carboxylic acids is 1. The number of hydrogen-bond acceptors (Lipinski definition) is 6. The summed E-state index contributed by atoms with van der Waals surface area (Å²) >= 11 is 0. The number of carbonyl (C=O) groups excluding carboxylic acids is 1. The Hall–Kier alpha value is -4.31. The normalized spacial score (nSPS) is 10.5. The lowest BCUT2D eigenvalue weighted by Gasteiger charge is -2.14. The van der Waals surface area contributed by atoms with Gasteiger partial charge in [-0.05, 0) is 23.8 Å². The van der Waals surface area contributed by atoms with Crippen molar-refractivity contribution in [2.75, 3.05) is 6.61 Å². The predicted molar refractivity (Wildman–Crippen MR) is 121 cm³/mol. The maximum Gasteiger partial charge on any atom is 0.300 e. The average Bonchev–Trinajstić information content (AvgIpc) is 2.80. The molecule has 0 aliphatic carbocycles. The van der Waals surface area contributed by atoms with E-state index in [-0.39, 0.29) is 40.8 Å². The molecule has 4 N–H and O–H groups in total. The number of aliphatic carboxylic acids is 1. The van der Waals surface area contributed by atoms with Crippen molar-refractivity contribution < 1.29 is 19.8 Å². The quantitative estimate of drug-likeness (QED) is 0.336. The lowest BCUT2D eigenvalue weighted by molar-refractivity contribution is -0.134. The first-order valence-corrected chi connectivity index (χ1v) is 10.1. The molecule has 0 unspecified atom stereocenters. The number of nitrogens with one attached hydrogen (secondary N) is 2. The van der Waals surface area contributed by atoms with Crippen LogP contribution in [0.15, 0.2) is 65.6 Å². The summed E-state index contributed by atoms with van der Waals surface area (Å²) in [4.78, 5) is 39.2. The molecular formula is C23H23N5O5. The molecule has 4 aromatic rings. The van der Waals surface area contributed by atoms with Gasteiger partial charge in [-0.15, -0.1) is 0 Å². The van der Waals surface area contributed by atoms with E-state index in [0.717, 1.165) is 12.5 Å². The number of hydrogen-bond donors (Lipinski definition) is 4. The number of benzene rings is 1. The third-order valence-electron chi connectivity index (χ3n) is 4.68. The van der Waals surface area contributed by atoms with E-state index in [1.807, 2.05) is 30.3 Å². The smallest absolute Gasteiger partial charge is 0.300 e. The van der Waals surface area contributed by atoms with E-state index in [9.17, 15) is 14.7 Å². The van der Waals surface area contributed by atoms with Crippen molar-refractivity contribution in [3.05, 3.63) is 87.8 Å². The largest absolute Gasteiger partial charge is 0.481 e. The molecule has 3 heterocycles. The second-order valence-corrected chi connectivity index (χ2v) is 7.05. The van der Waals surface area contributed by atoms with Crippen molar-refractivity contribution in [1.82, 2.24) is 19.3 Å². The predicted octanol–water partition coefficient (Wildman–Crippen LogP) is 1.14. The molecule has 1 aromatic carbocycles. The summed E-state index contributed by atoms with van der Waals surface area (Å²) in [6.45, 7) is 1.17. The Labute approximate surface area is 187 Å². The molecule has 4 rings (SSSR count). The molecule has 33 heavy (non-hydrogen) atoms. The van der Waals surface area contributed by atoms with Gasteiger partial charge in [0.05, 0.1) is 17.6 Å². The lowest BCUT2D eigenvalue weighted by atomic mass is 10.1. The van der Waals surface area contributed by atoms with Crippen molar-refractivity contribution in [2.45, 2.75) is 20.0 Å². The van der Waals surface area contributed by atoms with Crippen LogP contribution in [-0.2, 0) is 17.9 Å². The maximum atomic E-state index is 13.0. The number of pyridine rings is 2. The Bertz CT molecular complexity index is 1420. The monoisotopic (exact) mass is 449 g/mol. The molecule has 0 atom stereocenters. The number of carboxylic acid groups (broad SMARTS) is 1. The highest BCUT2D eigenvalue weighted by molar-refractivity contribution is 5.96. The third kappa shape index (κ3) is 5.31. The second-order valence-electron chi connectivity index (χ2n) is 7.05. The number of aliphatic hydroxyl groups is 1. The van der Waals surface area contributed by atoms with E-state index < -0.39 is 11.9 Å². The van der Waals surface area contributed by atoms with Crippen LogP contribution in [0, 0.1) is 5.41 Å². The first-order chi connectivity index (χ1) is 15.8. The summed E-state index contributed by atoms with van der Waals surface area (Å²) in [5, 5.41) is 28.3. The molecular weight excluding hydrogens is 426 g/mol. The van der Waals surface area contributed by atoms with Gasteiger partial charge in [-0.25, -0.2) is 4.98 Å². The van der Waals surface area contributed by atoms with E-state index in [1.54, 1.807) is 24.4 Å². The van der Waals surface area contributed by atoms with Crippen molar-refractivity contribution in [2.24, 2.45) is 0 Å². The maximum absolute atomic E-state index is 13.0. The van der Waals surface area contributed by atoms with Crippen molar-refractivity contribution in [3.8, 4) is 0 Å². The highest BCUT2D eigenvalue weighted by atomic mass is 16.4. The van der Waals surface area contributed by atoms with E-state index >= 15 is 0 Å². The van der Waals surface area contributed by atoms with Crippen molar-refractivity contribution >= 4 is 28.6 Å². The van der Waals surface area contributed by atoms with E-state index in [0.29, 0.717) is 12.2 Å². The summed E-state index contributed by atoms with van der Waals surface area (Å²) in [6, 6.07) is 16.0. The minimum absolute atomic E-state index is 0.0462. The fraction of sp³-hybridized carbons (Fsp3) is 0.174. The molecule has 0 fully saturated rings. The molecule has 0 aliphatic rings. The van der Waals surface area contributed by atoms with Gasteiger partial charge in [0, 0.05) is 26.2 Å². The zero-order valence-electron chi connectivity index (χ0n) is 17.9. The number of amides is 1. The first-order valence-electron chi connectivity index (χ1n) is 10.1. The van der Waals surface area contributed by atoms with Gasteiger partial charge in [0.15, 0.2) is 0 Å². The average molecular weight is 449 g/mol. The summed E-state index contributed by atoms with van der Waals surface area (Å²) in [6.07, 6.45) is 1.60. The lowest BCUT2D eigenvalue weighted by Crippen LogP contribution is -2.35. The molecule has 0 saturated heterocycles. The molecule has 0 radical (unpaired) electrons. The summed E-state index contributed by atoms with van der Waals surface area (Å²) in [5.41, 5.74) is 1.22. The SMILES string of the molecule is CC(=O)O.N=c1c(C(=O)NCc2ccccc2)cc2c(=O)n3ccccc3nc2n1CCO. The number of carbonyl (C=O) groups is 2. The molecule has 0 spiro atoms. The second kappa shape index (κ2) is 10.3. The minimum atomic E-state index is -0.833. The molecule has 0 aliphatic heterocycles. The van der Waals surface area contributed by atoms with E-state index in [2.05, 4.69) is 10.3 Å². The van der Waals surface area contributed by atoms with Crippen molar-refractivity contribution in [1.29, 1.82) is 5.41 Å². The molecule has 0 saturated carbocycles. The van der Waals surface area contributed by atoms with Crippen LogP contribution in [0.2, 0.25) is 0 Å². The number of fused-ring (bicyclic) bond motifs is 2. The fourth-order valence-corrected chi connectivity index (χ4v) is 3.25. The standard InChI is InChI=1S/C21H19N5O3.C2H4O2/c22-18-15(20(28)23-13-14-6-2-1-3-7-14)12-16-19(26(18)10-11-27)24-17-8-4-5-9-25(17)21(16)29;1-2(3)4/h1-9,12,22,27H,10-11,13H2,(H,23,28);1H3,(H,3,4). The van der Waals surface area contributed by atoms with Gasteiger partial charge in [0.1, 0.15) is 16.8 Å². The fourth-order valence-electron chi connectivity index (χ4n) is 3.25. The Morgan fingerprint density at radius 3 is 2.45 bits per heavy atom. The van der Waals surface area contributed by atoms with Gasteiger partial charge in [0.25, 0.3) is 17.4 Å². The van der Waals surface area contributed by atoms with Gasteiger partial charge in [-0.3, -0.25) is 24.2 Å². The zero-order chi connectivity index (χ0) is 24.0. The van der Waals surface area contributed by atoms with Crippen LogP contribution >= 0.6 is 0 Å². The van der Waals surface area contributed by atoms with Crippen LogP contribution in [0.25, 0.3) is 16.7 Å². The molecule has 10 heteroatoms. The topological polar surface area (TPSA) is 150 Å². The first kappa shape index (κ1) is 23.4. The van der Waals surface area contributed by atoms with Gasteiger partial charge in [-0.2, -0.15) is 0 Å². The number of rotatable bonds is 5. The Morgan fingerprint density at radius 2 is 1.79 bits per heavy atom. The zero-order valence-corrected chi connectivity index (χ0v) is 17.9. The van der Waals surface area contributed by atoms with Gasteiger partial charge >= 0.3 is 0 Å². The van der Waals surface area contributed by atoms with Crippen LogP contribution in [0.4, 0.5) is 0 Å². The highest BCUT2D eigenvalue weighted by Crippen LogP contribution is 2.10. The van der Waals surface area contributed by atoms with Gasteiger partial charge in [-0.1, -0.05) is 36.4 Å². The van der Waals surface area contributed by atoms with Crippen LogP contribution in [0.5, 0.6) is 0 Å². The third-order valence-corrected chi connectivity index (χ3v) is 4.68. The minimum Gasteiger partial charge on any atom is -0.481 e. The van der Waals surface area contributed by atoms with Crippen molar-refractivity contribution in [3.63, 3.8) is 0 Å². The molecule has 10 nitrogen and oxygen atoms in total. The number of aliphatic hydroxyl groups excluding tert-OH is 1. The number of nitrogens with zero attached hydrogens (tertiary/aromatic N) is 3. The summed E-state index contributed by atoms with van der Waals surface area (Å²) in [7, 11) is 0. The van der Waals surface area contributed by atoms with E-state index in [1.165, 1.54) is 15.0 Å². The molecule has 170 valence electrons. The molecule has 3 aromatic heterocycles. The van der Waals surface area contributed by atoms with E-state index in [4.69, 9.17) is 15.3 Å². The summed E-state index contributed by atoms with van der Waals surface area (Å²) < 4.78 is 2.78. The van der Waals surface area contributed by atoms with Crippen LogP contribution < -0.4 is 16.4 Å². The Kier molecular flexibility index (Phi) is 7.31. The Morgan fingerprint density at radius 1 is 1.12 bits per heavy atom. The molecule has 0 bridgehead atoms. The summed E-state index contributed by atoms with van der Waals surface area (Å²) in [5.74, 6) is -1.30. The molecule has 1 amide bonds. The van der Waals surface area contributed by atoms with Crippen LogP contribution in [0.1, 0.15) is 22.8 Å². The van der Waals surface area contributed by atoms with Crippen LogP contribution in [0.3, 0.4) is 0 Å². The highest BCUT2D eigenvalue weighted by Gasteiger charge is 2.17.